The van der Waals surface area contributed by atoms with E-state index in [1.54, 1.807) is 24.3 Å². The van der Waals surface area contributed by atoms with E-state index in [4.69, 9.17) is 4.74 Å². The fourth-order valence-corrected chi connectivity index (χ4v) is 4.63. The lowest BCUT2D eigenvalue weighted by molar-refractivity contribution is -0.140. The molecule has 2 aromatic carbocycles. The van der Waals surface area contributed by atoms with Crippen LogP contribution in [-0.2, 0) is 30.9 Å². The lowest BCUT2D eigenvalue weighted by atomic mass is 10.2. The van der Waals surface area contributed by atoms with Crippen LogP contribution >= 0.6 is 0 Å². The highest BCUT2D eigenvalue weighted by Gasteiger charge is 2.34. The second-order valence-corrected chi connectivity index (χ2v) is 8.88. The standard InChI is InChI=1S/C21H25N3O5S/c1-16-8-10-18(11-9-16)30(27,28)24-12-5-13-29-19(24)15-23-21(26)20(25)22-14-17-6-3-2-4-7-17/h2-4,6-11,19H,5,12-15H2,1H3,(H,22,25)(H,23,26)/t19-/m0/s1. The molecule has 0 radical (unpaired) electrons. The molecule has 1 aliphatic rings. The monoisotopic (exact) mass is 431 g/mol. The Labute approximate surface area is 176 Å². The highest BCUT2D eigenvalue weighted by Crippen LogP contribution is 2.22. The molecule has 160 valence electrons. The van der Waals surface area contributed by atoms with Crippen LogP contribution in [-0.4, -0.2) is 50.5 Å². The molecule has 0 aliphatic carbocycles. The Morgan fingerprint density at radius 1 is 1.03 bits per heavy atom. The van der Waals surface area contributed by atoms with Crippen LogP contribution in [0.5, 0.6) is 0 Å². The van der Waals surface area contributed by atoms with Crippen LogP contribution in [0.1, 0.15) is 17.5 Å². The summed E-state index contributed by atoms with van der Waals surface area (Å²) in [5.74, 6) is -1.63. The lowest BCUT2D eigenvalue weighted by Gasteiger charge is -2.34. The average molecular weight is 432 g/mol. The highest BCUT2D eigenvalue weighted by molar-refractivity contribution is 7.89. The summed E-state index contributed by atoms with van der Waals surface area (Å²) in [7, 11) is -3.79. The summed E-state index contributed by atoms with van der Waals surface area (Å²) in [4.78, 5) is 24.3. The quantitative estimate of drug-likeness (QED) is 0.668. The van der Waals surface area contributed by atoms with Crippen molar-refractivity contribution in [2.24, 2.45) is 0 Å². The van der Waals surface area contributed by atoms with Crippen LogP contribution in [0.3, 0.4) is 0 Å². The summed E-state index contributed by atoms with van der Waals surface area (Å²) in [5, 5.41) is 5.00. The van der Waals surface area contributed by atoms with Crippen LogP contribution in [0, 0.1) is 6.92 Å². The van der Waals surface area contributed by atoms with Gasteiger partial charge in [-0.15, -0.1) is 0 Å². The zero-order chi connectivity index (χ0) is 21.6. The molecule has 3 rings (SSSR count). The van der Waals surface area contributed by atoms with E-state index in [1.165, 1.54) is 4.31 Å². The van der Waals surface area contributed by atoms with Crippen molar-refractivity contribution in [2.45, 2.75) is 31.0 Å². The van der Waals surface area contributed by atoms with Gasteiger partial charge in [-0.3, -0.25) is 9.59 Å². The zero-order valence-electron chi connectivity index (χ0n) is 16.7. The maximum absolute atomic E-state index is 13.0. The molecule has 0 spiro atoms. The number of benzene rings is 2. The Hall–Kier alpha value is -2.75. The Kier molecular flexibility index (Phi) is 7.20. The van der Waals surface area contributed by atoms with Gasteiger partial charge in [-0.1, -0.05) is 48.0 Å². The predicted molar refractivity (Wildman–Crippen MR) is 111 cm³/mol. The van der Waals surface area contributed by atoms with Crippen molar-refractivity contribution in [1.29, 1.82) is 0 Å². The molecular weight excluding hydrogens is 406 g/mol. The molecule has 8 nitrogen and oxygen atoms in total. The second-order valence-electron chi connectivity index (χ2n) is 6.99. The summed E-state index contributed by atoms with van der Waals surface area (Å²) in [5.41, 5.74) is 1.82. The molecular formula is C21H25N3O5S. The van der Waals surface area contributed by atoms with E-state index in [0.29, 0.717) is 13.0 Å². The van der Waals surface area contributed by atoms with Gasteiger partial charge in [-0.05, 0) is 31.0 Å². The Morgan fingerprint density at radius 2 is 1.70 bits per heavy atom. The van der Waals surface area contributed by atoms with Gasteiger partial charge in [0.25, 0.3) is 0 Å². The average Bonchev–Trinajstić information content (AvgIpc) is 2.77. The third-order valence-corrected chi connectivity index (χ3v) is 6.62. The Bertz CT molecular complexity index is 977. The van der Waals surface area contributed by atoms with E-state index in [0.717, 1.165) is 11.1 Å². The topological polar surface area (TPSA) is 105 Å². The first-order chi connectivity index (χ1) is 14.4. The largest absolute Gasteiger partial charge is 0.360 e. The summed E-state index contributed by atoms with van der Waals surface area (Å²) in [6.45, 7) is 2.63. The summed E-state index contributed by atoms with van der Waals surface area (Å²) in [6.07, 6.45) is -0.330. The van der Waals surface area contributed by atoms with Crippen LogP contribution in [0.25, 0.3) is 0 Å². The molecule has 1 saturated heterocycles. The first-order valence-electron chi connectivity index (χ1n) is 9.68. The number of aryl methyl sites for hydroxylation is 1. The molecule has 1 heterocycles. The molecule has 2 N–H and O–H groups in total. The van der Waals surface area contributed by atoms with Crippen LogP contribution in [0.4, 0.5) is 0 Å². The van der Waals surface area contributed by atoms with Crippen molar-refractivity contribution in [3.63, 3.8) is 0 Å². The van der Waals surface area contributed by atoms with Crippen LogP contribution < -0.4 is 10.6 Å². The number of hydrogen-bond acceptors (Lipinski definition) is 5. The van der Waals surface area contributed by atoms with Crippen molar-refractivity contribution < 1.29 is 22.7 Å². The number of amides is 2. The van der Waals surface area contributed by atoms with Gasteiger partial charge in [0, 0.05) is 13.1 Å². The molecule has 2 aromatic rings. The molecule has 0 aromatic heterocycles. The number of ether oxygens (including phenoxy) is 1. The number of nitrogens with one attached hydrogen (secondary N) is 2. The van der Waals surface area contributed by atoms with Gasteiger partial charge in [-0.25, -0.2) is 8.42 Å². The number of hydrogen-bond donors (Lipinski definition) is 2. The van der Waals surface area contributed by atoms with Gasteiger partial charge < -0.3 is 15.4 Å². The molecule has 0 bridgehead atoms. The van der Waals surface area contributed by atoms with E-state index < -0.39 is 28.1 Å². The van der Waals surface area contributed by atoms with Crippen molar-refractivity contribution in [2.75, 3.05) is 19.7 Å². The smallest absolute Gasteiger partial charge is 0.309 e. The summed E-state index contributed by atoms with van der Waals surface area (Å²) >= 11 is 0. The number of nitrogens with zero attached hydrogens (tertiary/aromatic N) is 1. The number of sulfonamides is 1. The summed E-state index contributed by atoms with van der Waals surface area (Å²) in [6, 6.07) is 15.8. The lowest BCUT2D eigenvalue weighted by Crippen LogP contribution is -2.53. The van der Waals surface area contributed by atoms with E-state index >= 15 is 0 Å². The van der Waals surface area contributed by atoms with Crippen LogP contribution in [0.2, 0.25) is 0 Å². The highest BCUT2D eigenvalue weighted by atomic mass is 32.2. The van der Waals surface area contributed by atoms with Gasteiger partial charge >= 0.3 is 11.8 Å². The minimum absolute atomic E-state index is 0.122. The zero-order valence-corrected chi connectivity index (χ0v) is 17.5. The van der Waals surface area contributed by atoms with E-state index in [-0.39, 0.29) is 24.5 Å². The molecule has 1 fully saturated rings. The molecule has 0 saturated carbocycles. The number of carbonyl (C=O) groups is 2. The van der Waals surface area contributed by atoms with Gasteiger partial charge in [0.05, 0.1) is 18.0 Å². The maximum Gasteiger partial charge on any atom is 0.309 e. The Morgan fingerprint density at radius 3 is 2.40 bits per heavy atom. The maximum atomic E-state index is 13.0. The van der Waals surface area contributed by atoms with Crippen molar-refractivity contribution in [1.82, 2.24) is 14.9 Å². The second kappa shape index (κ2) is 9.84. The number of carbonyl (C=O) groups excluding carboxylic acids is 2. The van der Waals surface area contributed by atoms with Gasteiger partial charge in [0.15, 0.2) is 0 Å². The van der Waals surface area contributed by atoms with Gasteiger partial charge in [-0.2, -0.15) is 4.31 Å². The molecule has 1 atom stereocenters. The van der Waals surface area contributed by atoms with Crippen molar-refractivity contribution in [3.8, 4) is 0 Å². The third kappa shape index (κ3) is 5.44. The first-order valence-corrected chi connectivity index (χ1v) is 11.1. The Balaban J connectivity index is 1.59. The summed E-state index contributed by atoms with van der Waals surface area (Å²) < 4.78 is 32.8. The van der Waals surface area contributed by atoms with E-state index in [1.807, 2.05) is 37.3 Å². The third-order valence-electron chi connectivity index (χ3n) is 4.72. The molecule has 30 heavy (non-hydrogen) atoms. The molecule has 1 aliphatic heterocycles. The minimum Gasteiger partial charge on any atom is -0.360 e. The van der Waals surface area contributed by atoms with Gasteiger partial charge in [0.2, 0.25) is 10.0 Å². The normalized spacial score (nSPS) is 17.3. The number of rotatable bonds is 6. The SMILES string of the molecule is Cc1ccc(S(=O)(=O)N2CCCO[C@H]2CNC(=O)C(=O)NCc2ccccc2)cc1. The fourth-order valence-electron chi connectivity index (χ4n) is 3.07. The van der Waals surface area contributed by atoms with Crippen LogP contribution in [0.15, 0.2) is 59.5 Å². The predicted octanol–water partition coefficient (Wildman–Crippen LogP) is 1.16. The minimum atomic E-state index is -3.79. The van der Waals surface area contributed by atoms with Crippen molar-refractivity contribution in [3.05, 3.63) is 65.7 Å². The molecule has 2 amide bonds. The van der Waals surface area contributed by atoms with E-state index in [2.05, 4.69) is 10.6 Å². The van der Waals surface area contributed by atoms with Crippen molar-refractivity contribution >= 4 is 21.8 Å². The fraction of sp³-hybridized carbons (Fsp3) is 0.333. The first kappa shape index (κ1) is 21.9. The van der Waals surface area contributed by atoms with Gasteiger partial charge in [0.1, 0.15) is 6.23 Å². The van der Waals surface area contributed by atoms with E-state index in [9.17, 15) is 18.0 Å². The molecule has 0 unspecified atom stereocenters. The molecule has 9 heteroatoms.